The van der Waals surface area contributed by atoms with Gasteiger partial charge in [-0.3, -0.25) is 4.79 Å². The smallest absolute Gasteiger partial charge is 0.340 e. The molecule has 1 fully saturated rings. The number of rotatable bonds is 12. The highest BCUT2D eigenvalue weighted by atomic mass is 35.5. The lowest BCUT2D eigenvalue weighted by Gasteiger charge is -2.34. The number of hydrogen-bond donors (Lipinski definition) is 1. The molecule has 2 aliphatic rings. The Labute approximate surface area is 289 Å². The molecule has 1 aromatic heterocycles. The van der Waals surface area contributed by atoms with Crippen molar-refractivity contribution in [3.8, 4) is 22.8 Å². The summed E-state index contributed by atoms with van der Waals surface area (Å²) < 4.78 is 66.2. The van der Waals surface area contributed by atoms with Crippen LogP contribution in [0.3, 0.4) is 0 Å². The van der Waals surface area contributed by atoms with E-state index in [1.54, 1.807) is 20.8 Å². The molecule has 0 spiro atoms. The zero-order chi connectivity index (χ0) is 35.3. The van der Waals surface area contributed by atoms with Crippen LogP contribution in [0.5, 0.6) is 11.6 Å². The highest BCUT2D eigenvalue weighted by Gasteiger charge is 2.50. The van der Waals surface area contributed by atoms with Crippen molar-refractivity contribution in [1.29, 1.82) is 0 Å². The molecule has 0 saturated carbocycles. The molecule has 10 nitrogen and oxygen atoms in total. The molecule has 13 heteroatoms. The van der Waals surface area contributed by atoms with E-state index in [0.29, 0.717) is 17.7 Å². The van der Waals surface area contributed by atoms with Crippen molar-refractivity contribution < 1.29 is 46.8 Å². The summed E-state index contributed by atoms with van der Waals surface area (Å²) in [6.07, 6.45) is 3.42. The largest absolute Gasteiger partial charge is 0.480 e. The number of halogens is 3. The molecule has 0 amide bonds. The molecule has 1 saturated heterocycles. The normalized spacial score (nSPS) is 20.3. The van der Waals surface area contributed by atoms with Crippen molar-refractivity contribution in [2.45, 2.75) is 70.4 Å². The number of nitrogens with one attached hydrogen (secondary N) is 1. The van der Waals surface area contributed by atoms with Gasteiger partial charge in [0.1, 0.15) is 23.8 Å². The predicted molar refractivity (Wildman–Crippen MR) is 177 cm³/mol. The third-order valence-electron chi connectivity index (χ3n) is 8.39. The Morgan fingerprint density at radius 3 is 2.55 bits per heavy atom. The van der Waals surface area contributed by atoms with Crippen LogP contribution < -0.4 is 14.8 Å². The number of methoxy groups -OCH3 is 1. The number of fused-ring (bicyclic) bond motifs is 1. The summed E-state index contributed by atoms with van der Waals surface area (Å²) in [6, 6.07) is 10.3. The van der Waals surface area contributed by atoms with E-state index in [1.165, 1.54) is 0 Å². The molecule has 264 valence electrons. The first-order valence-corrected chi connectivity index (χ1v) is 16.6. The molecular formula is C36H41ClF2N2O8. The van der Waals surface area contributed by atoms with Gasteiger partial charge < -0.3 is 33.7 Å². The zero-order valence-electron chi connectivity index (χ0n) is 28.2. The first kappa shape index (κ1) is 36.4. The van der Waals surface area contributed by atoms with E-state index < -0.39 is 51.6 Å². The van der Waals surface area contributed by atoms with Crippen LogP contribution in [0.15, 0.2) is 42.6 Å². The van der Waals surface area contributed by atoms with Crippen molar-refractivity contribution in [3.63, 3.8) is 0 Å². The summed E-state index contributed by atoms with van der Waals surface area (Å²) >= 11 is 6.66. The standard InChI is InChI=1S/C36H41ClF2N2O8/c1-21-28-25(48-36(21,22-11-7-6-8-12-22)20-40-19-26(42)49-35(2,3)4)17-24(38)31(37)30(28)29-23(34(43)44-5)18-41-33(32(29)39)47-16-15-46-27-13-9-10-14-45-27/h6-8,11-12,17-18,21,27,40H,9-10,13-16,19-20H2,1-5H3/t21-,27-,36-/m0/s1. The second-order valence-corrected chi connectivity index (χ2v) is 13.3. The fourth-order valence-corrected chi connectivity index (χ4v) is 6.43. The number of benzene rings is 2. The fraction of sp³-hybridized carbons (Fsp3) is 0.472. The highest BCUT2D eigenvalue weighted by molar-refractivity contribution is 6.34. The molecule has 0 unspecified atom stereocenters. The minimum absolute atomic E-state index is 0.0737. The molecule has 3 atom stereocenters. The maximum absolute atomic E-state index is 16.6. The third kappa shape index (κ3) is 7.98. The predicted octanol–water partition coefficient (Wildman–Crippen LogP) is 6.71. The van der Waals surface area contributed by atoms with Gasteiger partial charge >= 0.3 is 11.9 Å². The van der Waals surface area contributed by atoms with Crippen molar-refractivity contribution >= 4 is 23.5 Å². The van der Waals surface area contributed by atoms with Crippen LogP contribution >= 0.6 is 11.6 Å². The first-order valence-electron chi connectivity index (χ1n) is 16.2. The van der Waals surface area contributed by atoms with Crippen LogP contribution in [-0.2, 0) is 29.3 Å². The van der Waals surface area contributed by atoms with Gasteiger partial charge in [-0.2, -0.15) is 0 Å². The molecule has 0 bridgehead atoms. The van der Waals surface area contributed by atoms with E-state index >= 15 is 8.78 Å². The van der Waals surface area contributed by atoms with Crippen LogP contribution in [0.4, 0.5) is 8.78 Å². The lowest BCUT2D eigenvalue weighted by Crippen LogP contribution is -2.46. The second kappa shape index (κ2) is 15.4. The number of pyridine rings is 1. The summed E-state index contributed by atoms with van der Waals surface area (Å²) in [4.78, 5) is 29.6. The number of nitrogens with zero attached hydrogens (tertiary/aromatic N) is 1. The average Bonchev–Trinajstić information content (AvgIpc) is 3.35. The molecule has 3 heterocycles. The zero-order valence-corrected chi connectivity index (χ0v) is 29.0. The number of esters is 2. The summed E-state index contributed by atoms with van der Waals surface area (Å²) in [5, 5.41) is 2.70. The Kier molecular flexibility index (Phi) is 11.4. The van der Waals surface area contributed by atoms with Crippen molar-refractivity contribution in [2.24, 2.45) is 0 Å². The van der Waals surface area contributed by atoms with Gasteiger partial charge in [0.05, 0.1) is 30.8 Å². The van der Waals surface area contributed by atoms with E-state index in [1.807, 2.05) is 37.3 Å². The van der Waals surface area contributed by atoms with E-state index in [2.05, 4.69) is 10.3 Å². The summed E-state index contributed by atoms with van der Waals surface area (Å²) in [5.74, 6) is -4.32. The molecule has 0 radical (unpaired) electrons. The molecule has 1 N–H and O–H groups in total. The Hall–Kier alpha value is -3.84. The van der Waals surface area contributed by atoms with Gasteiger partial charge in [0.2, 0.25) is 0 Å². The van der Waals surface area contributed by atoms with Gasteiger partial charge in [-0.15, -0.1) is 0 Å². The quantitative estimate of drug-likeness (QED) is 0.161. The van der Waals surface area contributed by atoms with Crippen LogP contribution in [-0.4, -0.2) is 68.8 Å². The first-order chi connectivity index (χ1) is 23.4. The summed E-state index contributed by atoms with van der Waals surface area (Å²) in [6.45, 7) is 7.70. The van der Waals surface area contributed by atoms with Gasteiger partial charge in [0.15, 0.2) is 17.7 Å². The molecule has 2 aromatic carbocycles. The third-order valence-corrected chi connectivity index (χ3v) is 8.76. The highest BCUT2D eigenvalue weighted by Crippen LogP contribution is 2.56. The Morgan fingerprint density at radius 1 is 1.12 bits per heavy atom. The molecule has 49 heavy (non-hydrogen) atoms. The lowest BCUT2D eigenvalue weighted by atomic mass is 9.77. The van der Waals surface area contributed by atoms with E-state index in [4.69, 9.17) is 40.0 Å². The number of carbonyl (C=O) groups is 2. The van der Waals surface area contributed by atoms with Crippen LogP contribution in [0.25, 0.3) is 11.1 Å². The van der Waals surface area contributed by atoms with Crippen LogP contribution in [0.1, 0.15) is 74.4 Å². The number of hydrogen-bond acceptors (Lipinski definition) is 10. The van der Waals surface area contributed by atoms with Crippen LogP contribution in [0.2, 0.25) is 5.02 Å². The molecule has 3 aromatic rings. The summed E-state index contributed by atoms with van der Waals surface area (Å²) in [5.41, 5.74) is -1.61. The minimum atomic E-state index is -1.22. The van der Waals surface area contributed by atoms with Crippen LogP contribution in [0, 0.1) is 11.6 Å². The molecule has 0 aliphatic carbocycles. The van der Waals surface area contributed by atoms with Crippen molar-refractivity contribution in [1.82, 2.24) is 10.3 Å². The maximum atomic E-state index is 16.6. The van der Waals surface area contributed by atoms with E-state index in [0.717, 1.165) is 38.6 Å². The SMILES string of the molecule is COC(=O)c1cnc(OCCO[C@H]2CCCCO2)c(F)c1-c1c(Cl)c(F)cc2c1[C@H](C)[C@@](CNCC(=O)OC(C)(C)C)(c1ccccc1)O2. The topological polar surface area (TPSA) is 114 Å². The van der Waals surface area contributed by atoms with E-state index in [-0.39, 0.29) is 55.0 Å². The average molecular weight is 703 g/mol. The molecule has 2 aliphatic heterocycles. The number of aromatic nitrogens is 1. The van der Waals surface area contributed by atoms with Gasteiger partial charge in [-0.05, 0) is 45.6 Å². The fourth-order valence-electron chi connectivity index (χ4n) is 6.18. The number of ether oxygens (including phenoxy) is 6. The number of carbonyl (C=O) groups excluding carboxylic acids is 2. The lowest BCUT2D eigenvalue weighted by molar-refractivity contribution is -0.165. The maximum Gasteiger partial charge on any atom is 0.340 e. The van der Waals surface area contributed by atoms with E-state index in [9.17, 15) is 9.59 Å². The monoisotopic (exact) mass is 702 g/mol. The van der Waals surface area contributed by atoms with Gasteiger partial charge in [-0.1, -0.05) is 48.9 Å². The molecule has 5 rings (SSSR count). The van der Waals surface area contributed by atoms with Gasteiger partial charge in [0.25, 0.3) is 5.88 Å². The van der Waals surface area contributed by atoms with Gasteiger partial charge in [0, 0.05) is 48.0 Å². The van der Waals surface area contributed by atoms with Crippen molar-refractivity contribution in [2.75, 3.05) is 40.0 Å². The summed E-state index contributed by atoms with van der Waals surface area (Å²) in [7, 11) is 1.14. The molecular weight excluding hydrogens is 662 g/mol. The van der Waals surface area contributed by atoms with Crippen molar-refractivity contribution in [3.05, 3.63) is 75.9 Å². The Bertz CT molecular complexity index is 1660. The minimum Gasteiger partial charge on any atom is -0.480 e. The Balaban J connectivity index is 1.54. The van der Waals surface area contributed by atoms with Gasteiger partial charge in [-0.25, -0.2) is 18.6 Å². The second-order valence-electron chi connectivity index (χ2n) is 12.9. The Morgan fingerprint density at radius 2 is 1.88 bits per heavy atom.